The quantitative estimate of drug-likeness (QED) is 0.300. The first-order valence-corrected chi connectivity index (χ1v) is 33.2. The molecule has 4 heteroatoms. The van der Waals surface area contributed by atoms with Crippen LogP contribution >= 0.6 is 23.5 Å². The Morgan fingerprint density at radius 3 is 1.31 bits per heavy atom. The monoisotopic (exact) mass is 670 g/mol. The van der Waals surface area contributed by atoms with Crippen molar-refractivity contribution in [3.8, 4) is 0 Å². The number of hydrogen-bond donors (Lipinski definition) is 0. The molecule has 32 heavy (non-hydrogen) atoms. The molecule has 0 saturated carbocycles. The Morgan fingerprint density at radius 1 is 0.562 bits per heavy atom. The zero-order chi connectivity index (χ0) is 22.4. The molecule has 0 N–H and O–H groups in total. The van der Waals surface area contributed by atoms with Crippen LogP contribution in [0.5, 0.6) is 0 Å². The summed E-state index contributed by atoms with van der Waals surface area (Å²) in [5.41, 5.74) is 9.10. The average molecular weight is 668 g/mol. The van der Waals surface area contributed by atoms with Gasteiger partial charge in [-0.15, -0.1) is 0 Å². The van der Waals surface area contributed by atoms with Crippen molar-refractivity contribution in [3.05, 3.63) is 98.6 Å². The number of benzene rings is 2. The molecule has 0 aromatic heterocycles. The van der Waals surface area contributed by atoms with E-state index in [4.69, 9.17) is 0 Å². The second-order valence-electron chi connectivity index (χ2n) is 11.4. The second-order valence-corrected chi connectivity index (χ2v) is 44.4. The van der Waals surface area contributed by atoms with Crippen LogP contribution in [-0.4, -0.2) is 36.8 Å². The fourth-order valence-corrected chi connectivity index (χ4v) is 19.0. The van der Waals surface area contributed by atoms with E-state index in [9.17, 15) is 0 Å². The second kappa shape index (κ2) is 7.60. The van der Waals surface area contributed by atoms with Gasteiger partial charge in [0.15, 0.2) is 0 Å². The van der Waals surface area contributed by atoms with E-state index in [0.717, 1.165) is 0 Å². The first-order valence-electron chi connectivity index (χ1n) is 11.6. The number of allylic oxidation sites excluding steroid dienone is 6. The van der Waals surface area contributed by atoms with E-state index in [0.29, 0.717) is 11.8 Å². The van der Waals surface area contributed by atoms with E-state index in [1.807, 2.05) is 0 Å². The maximum atomic E-state index is 2.64. The van der Waals surface area contributed by atoms with Gasteiger partial charge in [-0.05, 0) is 0 Å². The van der Waals surface area contributed by atoms with Crippen LogP contribution < -0.4 is 0 Å². The molecule has 2 aromatic carbocycles. The Hall–Kier alpha value is -0.303. The predicted molar refractivity (Wildman–Crippen MR) is 150 cm³/mol. The van der Waals surface area contributed by atoms with Gasteiger partial charge in [-0.3, -0.25) is 0 Å². The first-order chi connectivity index (χ1) is 15.1. The Labute approximate surface area is 209 Å². The summed E-state index contributed by atoms with van der Waals surface area (Å²) in [5, 5.41) is 0. The van der Waals surface area contributed by atoms with Crippen molar-refractivity contribution in [3.63, 3.8) is 0 Å². The van der Waals surface area contributed by atoms with Gasteiger partial charge in [-0.25, -0.2) is 0 Å². The molecular weight excluding hydrogens is 638 g/mol. The molecule has 2 atom stereocenters. The van der Waals surface area contributed by atoms with Crippen molar-refractivity contribution in [2.24, 2.45) is 0 Å². The molecule has 2 aliphatic heterocycles. The third-order valence-corrected chi connectivity index (χ3v) is 28.4. The minimum atomic E-state index is -2.13. The molecule has 2 aliphatic carbocycles. The van der Waals surface area contributed by atoms with Crippen molar-refractivity contribution < 1.29 is 0 Å². The van der Waals surface area contributed by atoms with E-state index < -0.39 is 36.8 Å². The SMILES string of the molecule is [CH3][Sn]([CH3])([CH3])[C]1=CC2C(=C(C3=C4S[C]([Sn]([CH3])([CH3])[CH3])=CC4c4ccccc43)c3ccccc32)S1. The molecule has 0 radical (unpaired) electrons. The summed E-state index contributed by atoms with van der Waals surface area (Å²) in [7, 11) is 0. The van der Waals surface area contributed by atoms with Gasteiger partial charge in [0, 0.05) is 0 Å². The molecule has 2 unspecified atom stereocenters. The summed E-state index contributed by atoms with van der Waals surface area (Å²) in [6.07, 6.45) is 5.28. The molecule has 0 bridgehead atoms. The van der Waals surface area contributed by atoms with Crippen LogP contribution in [0.1, 0.15) is 34.1 Å². The fraction of sp³-hybridized carbons (Fsp3) is 0.286. The molecule has 162 valence electrons. The van der Waals surface area contributed by atoms with Gasteiger partial charge in [0.1, 0.15) is 0 Å². The summed E-state index contributed by atoms with van der Waals surface area (Å²) in [6.45, 7) is 0. The van der Waals surface area contributed by atoms with Crippen LogP contribution in [-0.2, 0) is 0 Å². The van der Waals surface area contributed by atoms with Crippen molar-refractivity contribution in [1.82, 2.24) is 0 Å². The van der Waals surface area contributed by atoms with E-state index in [2.05, 4.69) is 114 Å². The van der Waals surface area contributed by atoms with Crippen molar-refractivity contribution >= 4 is 71.4 Å². The van der Waals surface area contributed by atoms with Gasteiger partial charge >= 0.3 is 211 Å². The van der Waals surface area contributed by atoms with E-state index in [-0.39, 0.29) is 0 Å². The number of rotatable bonds is 3. The van der Waals surface area contributed by atoms with Crippen LogP contribution in [0.3, 0.4) is 0 Å². The third-order valence-electron chi connectivity index (χ3n) is 6.99. The normalized spacial score (nSPS) is 23.8. The van der Waals surface area contributed by atoms with Crippen molar-refractivity contribution in [2.45, 2.75) is 41.5 Å². The van der Waals surface area contributed by atoms with Gasteiger partial charge < -0.3 is 0 Å². The average Bonchev–Trinajstić information content (AvgIpc) is 3.45. The summed E-state index contributed by atoms with van der Waals surface area (Å²) in [5.74, 6) is 0.939. The van der Waals surface area contributed by atoms with Crippen molar-refractivity contribution in [1.29, 1.82) is 0 Å². The van der Waals surface area contributed by atoms with Gasteiger partial charge in [-0.2, -0.15) is 0 Å². The molecule has 0 amide bonds. The van der Waals surface area contributed by atoms with Gasteiger partial charge in [0.05, 0.1) is 0 Å². The van der Waals surface area contributed by atoms with E-state index in [1.165, 1.54) is 22.3 Å². The summed E-state index contributed by atoms with van der Waals surface area (Å²) < 4.78 is 3.45. The Morgan fingerprint density at radius 2 is 0.938 bits per heavy atom. The molecule has 6 rings (SSSR count). The van der Waals surface area contributed by atoms with E-state index >= 15 is 0 Å². The van der Waals surface area contributed by atoms with Crippen LogP contribution in [0.2, 0.25) is 29.6 Å². The molecule has 0 saturated heterocycles. The summed E-state index contributed by atoms with van der Waals surface area (Å²) in [4.78, 5) is 18.6. The van der Waals surface area contributed by atoms with Crippen LogP contribution in [0.4, 0.5) is 0 Å². The zero-order valence-electron chi connectivity index (χ0n) is 19.7. The predicted octanol–water partition coefficient (Wildman–Crippen LogP) is 9.02. The third kappa shape index (κ3) is 3.33. The summed E-state index contributed by atoms with van der Waals surface area (Å²) >= 11 is 0.0150. The zero-order valence-corrected chi connectivity index (χ0v) is 27.1. The molecule has 2 heterocycles. The molecule has 0 fully saturated rings. The Balaban J connectivity index is 1.59. The molecule has 0 nitrogen and oxygen atoms in total. The minimum absolute atomic E-state index is 0.470. The van der Waals surface area contributed by atoms with Crippen LogP contribution in [0, 0.1) is 0 Å². The maximum absolute atomic E-state index is 2.64. The van der Waals surface area contributed by atoms with Crippen LogP contribution in [0.15, 0.2) is 76.3 Å². The molecule has 0 spiro atoms. The Kier molecular flexibility index (Phi) is 5.27. The molecular formula is C28H30S2Sn2. The first kappa shape index (κ1) is 22.2. The fourth-order valence-electron chi connectivity index (χ4n) is 5.34. The van der Waals surface area contributed by atoms with Gasteiger partial charge in [0.2, 0.25) is 0 Å². The van der Waals surface area contributed by atoms with E-state index in [1.54, 1.807) is 26.8 Å². The number of hydrogen-bond acceptors (Lipinski definition) is 2. The molecule has 4 aliphatic rings. The van der Waals surface area contributed by atoms with Gasteiger partial charge in [-0.1, -0.05) is 0 Å². The summed E-state index contributed by atoms with van der Waals surface area (Å²) in [6, 6.07) is 18.5. The Bertz CT molecular complexity index is 1190. The molecule has 2 aromatic rings. The standard InChI is InChI=1S/C22H12S2.6CH3.2Sn/c1-3-7-15-13(5-1)17-9-11-23-21(17)19(15)20-16-8-4-2-6-14(16)18-10-12-24-22(18)20;;;;;;;;/h1-10,17-18H;6*1H3;;. The number of fused-ring (bicyclic) bond motifs is 6. The number of thioether (sulfide) groups is 2. The topological polar surface area (TPSA) is 0 Å². The van der Waals surface area contributed by atoms with Crippen LogP contribution in [0.25, 0.3) is 11.1 Å². The van der Waals surface area contributed by atoms with Gasteiger partial charge in [0.25, 0.3) is 0 Å². The van der Waals surface area contributed by atoms with Crippen molar-refractivity contribution in [2.75, 3.05) is 0 Å².